The predicted molar refractivity (Wildman–Crippen MR) is 93.2 cm³/mol. The summed E-state index contributed by atoms with van der Waals surface area (Å²) in [7, 11) is 0. The molecule has 1 aliphatic carbocycles. The second-order valence-corrected chi connectivity index (χ2v) is 7.05. The fourth-order valence-corrected chi connectivity index (χ4v) is 3.77. The SMILES string of the molecule is O=C(NCc1cccs1)N(Cc1ccncc1)C1CCCCC1. The summed E-state index contributed by atoms with van der Waals surface area (Å²) in [6, 6.07) is 8.44. The van der Waals surface area contributed by atoms with E-state index in [1.54, 1.807) is 23.7 Å². The molecule has 0 aromatic carbocycles. The average Bonchev–Trinajstić information content (AvgIpc) is 3.13. The highest BCUT2D eigenvalue weighted by Crippen LogP contribution is 2.24. The molecule has 4 nitrogen and oxygen atoms in total. The number of rotatable bonds is 5. The zero-order chi connectivity index (χ0) is 15.9. The molecule has 1 saturated carbocycles. The van der Waals surface area contributed by atoms with E-state index in [1.807, 2.05) is 28.5 Å². The highest BCUT2D eigenvalue weighted by Gasteiger charge is 2.25. The first kappa shape index (κ1) is 16.0. The molecule has 23 heavy (non-hydrogen) atoms. The van der Waals surface area contributed by atoms with Crippen molar-refractivity contribution >= 4 is 17.4 Å². The maximum atomic E-state index is 12.7. The normalized spacial score (nSPS) is 15.3. The monoisotopic (exact) mass is 329 g/mol. The molecule has 1 fully saturated rings. The van der Waals surface area contributed by atoms with E-state index in [1.165, 1.54) is 24.1 Å². The molecule has 0 saturated heterocycles. The lowest BCUT2D eigenvalue weighted by atomic mass is 9.94. The van der Waals surface area contributed by atoms with Crippen molar-refractivity contribution in [2.24, 2.45) is 0 Å². The highest BCUT2D eigenvalue weighted by molar-refractivity contribution is 7.09. The number of hydrogen-bond donors (Lipinski definition) is 1. The van der Waals surface area contributed by atoms with Gasteiger partial charge in [-0.1, -0.05) is 25.3 Å². The van der Waals surface area contributed by atoms with Crippen molar-refractivity contribution in [1.82, 2.24) is 15.2 Å². The van der Waals surface area contributed by atoms with Gasteiger partial charge in [0.25, 0.3) is 0 Å². The van der Waals surface area contributed by atoms with Crippen LogP contribution in [-0.2, 0) is 13.1 Å². The summed E-state index contributed by atoms with van der Waals surface area (Å²) in [4.78, 5) is 20.0. The van der Waals surface area contributed by atoms with Crippen LogP contribution in [0.3, 0.4) is 0 Å². The number of nitrogens with one attached hydrogen (secondary N) is 1. The van der Waals surface area contributed by atoms with E-state index in [4.69, 9.17) is 0 Å². The summed E-state index contributed by atoms with van der Waals surface area (Å²) in [5.74, 6) is 0. The summed E-state index contributed by atoms with van der Waals surface area (Å²) in [6.07, 6.45) is 9.52. The summed E-state index contributed by atoms with van der Waals surface area (Å²) >= 11 is 1.67. The minimum Gasteiger partial charge on any atom is -0.333 e. The van der Waals surface area contributed by atoms with Gasteiger partial charge < -0.3 is 10.2 Å². The lowest BCUT2D eigenvalue weighted by Gasteiger charge is -2.34. The van der Waals surface area contributed by atoms with Crippen molar-refractivity contribution in [2.75, 3.05) is 0 Å². The molecule has 0 radical (unpaired) electrons. The number of aromatic nitrogens is 1. The van der Waals surface area contributed by atoms with Crippen molar-refractivity contribution in [2.45, 2.75) is 51.2 Å². The quantitative estimate of drug-likeness (QED) is 0.894. The van der Waals surface area contributed by atoms with Crippen molar-refractivity contribution in [3.8, 4) is 0 Å². The second kappa shape index (κ2) is 8.11. The minimum absolute atomic E-state index is 0.0436. The Hall–Kier alpha value is -1.88. The van der Waals surface area contributed by atoms with E-state index in [-0.39, 0.29) is 6.03 Å². The van der Waals surface area contributed by atoms with Gasteiger partial charge in [0.2, 0.25) is 0 Å². The van der Waals surface area contributed by atoms with Gasteiger partial charge in [-0.2, -0.15) is 0 Å². The van der Waals surface area contributed by atoms with E-state index >= 15 is 0 Å². The first-order valence-electron chi connectivity index (χ1n) is 8.28. The van der Waals surface area contributed by atoms with Crippen molar-refractivity contribution in [1.29, 1.82) is 0 Å². The first-order chi connectivity index (χ1) is 11.3. The van der Waals surface area contributed by atoms with Crippen LogP contribution in [0.15, 0.2) is 42.0 Å². The molecule has 122 valence electrons. The fraction of sp³-hybridized carbons (Fsp3) is 0.444. The van der Waals surface area contributed by atoms with Crippen LogP contribution in [0.25, 0.3) is 0 Å². The smallest absolute Gasteiger partial charge is 0.318 e. The zero-order valence-electron chi connectivity index (χ0n) is 13.3. The van der Waals surface area contributed by atoms with Gasteiger partial charge in [-0.3, -0.25) is 4.98 Å². The highest BCUT2D eigenvalue weighted by atomic mass is 32.1. The third kappa shape index (κ3) is 4.55. The number of pyridine rings is 1. The molecule has 2 heterocycles. The third-order valence-electron chi connectivity index (χ3n) is 4.37. The van der Waals surface area contributed by atoms with Crippen LogP contribution in [0.5, 0.6) is 0 Å². The van der Waals surface area contributed by atoms with Gasteiger partial charge in [-0.05, 0) is 42.0 Å². The van der Waals surface area contributed by atoms with Crippen molar-refractivity contribution in [3.63, 3.8) is 0 Å². The average molecular weight is 329 g/mol. The summed E-state index contributed by atoms with van der Waals surface area (Å²) < 4.78 is 0. The van der Waals surface area contributed by atoms with Crippen LogP contribution in [0.1, 0.15) is 42.5 Å². The molecule has 0 atom stereocenters. The number of urea groups is 1. The maximum absolute atomic E-state index is 12.7. The number of hydrogen-bond acceptors (Lipinski definition) is 3. The zero-order valence-corrected chi connectivity index (χ0v) is 14.1. The van der Waals surface area contributed by atoms with Gasteiger partial charge in [0.1, 0.15) is 0 Å². The number of carbonyl (C=O) groups is 1. The standard InChI is InChI=1S/C18H23N3OS/c22-18(20-13-17-7-4-12-23-17)21(16-5-2-1-3-6-16)14-15-8-10-19-11-9-15/h4,7-12,16H,1-3,5-6,13-14H2,(H,20,22). The van der Waals surface area contributed by atoms with Crippen LogP contribution in [0.2, 0.25) is 0 Å². The lowest BCUT2D eigenvalue weighted by molar-refractivity contribution is 0.150. The molecule has 1 aliphatic rings. The molecular formula is C18H23N3OS. The molecule has 1 N–H and O–H groups in total. The molecule has 3 rings (SSSR count). The maximum Gasteiger partial charge on any atom is 0.318 e. The van der Waals surface area contributed by atoms with Crippen molar-refractivity contribution in [3.05, 3.63) is 52.5 Å². The van der Waals surface area contributed by atoms with E-state index < -0.39 is 0 Å². The van der Waals surface area contributed by atoms with Crippen LogP contribution >= 0.6 is 11.3 Å². The summed E-state index contributed by atoms with van der Waals surface area (Å²) in [5.41, 5.74) is 1.14. The predicted octanol–water partition coefficient (Wildman–Crippen LogP) is 4.19. The Kier molecular flexibility index (Phi) is 5.64. The molecule has 5 heteroatoms. The van der Waals surface area contributed by atoms with Crippen LogP contribution in [0, 0.1) is 0 Å². The van der Waals surface area contributed by atoms with E-state index in [0.29, 0.717) is 19.1 Å². The molecule has 0 aliphatic heterocycles. The van der Waals surface area contributed by atoms with Crippen LogP contribution in [0.4, 0.5) is 4.79 Å². The van der Waals surface area contributed by atoms with Crippen LogP contribution in [-0.4, -0.2) is 22.0 Å². The summed E-state index contributed by atoms with van der Waals surface area (Å²) in [6.45, 7) is 1.26. The van der Waals surface area contributed by atoms with Gasteiger partial charge >= 0.3 is 6.03 Å². The molecule has 2 amide bonds. The van der Waals surface area contributed by atoms with Gasteiger partial charge in [-0.25, -0.2) is 4.79 Å². The Morgan fingerprint density at radius 2 is 2.00 bits per heavy atom. The Balaban J connectivity index is 1.66. The van der Waals surface area contributed by atoms with Gasteiger partial charge in [0, 0.05) is 29.9 Å². The Bertz CT molecular complexity index is 594. The molecule has 0 spiro atoms. The minimum atomic E-state index is 0.0436. The number of amides is 2. The number of nitrogens with zero attached hydrogens (tertiary/aromatic N) is 2. The van der Waals surface area contributed by atoms with E-state index in [9.17, 15) is 4.79 Å². The van der Waals surface area contributed by atoms with Gasteiger partial charge in [-0.15, -0.1) is 11.3 Å². The van der Waals surface area contributed by atoms with E-state index in [2.05, 4.69) is 16.4 Å². The molecule has 0 unspecified atom stereocenters. The van der Waals surface area contributed by atoms with Crippen molar-refractivity contribution < 1.29 is 4.79 Å². The molecule has 2 aromatic heterocycles. The molecular weight excluding hydrogens is 306 g/mol. The third-order valence-corrected chi connectivity index (χ3v) is 5.25. The topological polar surface area (TPSA) is 45.2 Å². The largest absolute Gasteiger partial charge is 0.333 e. The Morgan fingerprint density at radius 1 is 1.22 bits per heavy atom. The lowest BCUT2D eigenvalue weighted by Crippen LogP contribution is -2.46. The second-order valence-electron chi connectivity index (χ2n) is 6.01. The number of carbonyl (C=O) groups excluding carboxylic acids is 1. The van der Waals surface area contributed by atoms with Gasteiger partial charge in [0.15, 0.2) is 0 Å². The van der Waals surface area contributed by atoms with Crippen LogP contribution < -0.4 is 5.32 Å². The first-order valence-corrected chi connectivity index (χ1v) is 9.16. The fourth-order valence-electron chi connectivity index (χ4n) is 3.12. The van der Waals surface area contributed by atoms with Gasteiger partial charge in [0.05, 0.1) is 6.54 Å². The Morgan fingerprint density at radius 3 is 2.70 bits per heavy atom. The molecule has 0 bridgehead atoms. The summed E-state index contributed by atoms with van der Waals surface area (Å²) in [5, 5.41) is 5.12. The van der Waals surface area contributed by atoms with E-state index in [0.717, 1.165) is 18.4 Å². The molecule has 2 aromatic rings. The number of thiophene rings is 1. The Labute approximate surface area is 141 Å².